The molecule has 5 rings (SSSR count). The van der Waals surface area contributed by atoms with E-state index in [0.717, 1.165) is 11.1 Å². The lowest BCUT2D eigenvalue weighted by Gasteiger charge is -2.07. The number of nitrogens with one attached hydrogen (secondary N) is 2. The van der Waals surface area contributed by atoms with Crippen LogP contribution in [0.25, 0.3) is 27.8 Å². The van der Waals surface area contributed by atoms with Gasteiger partial charge in [0.1, 0.15) is 5.69 Å². The maximum atomic E-state index is 12.7. The van der Waals surface area contributed by atoms with Crippen LogP contribution in [-0.4, -0.2) is 30.7 Å². The fraction of sp³-hybridized carbons (Fsp3) is 0.0455. The molecule has 1 amide bonds. The van der Waals surface area contributed by atoms with Crippen molar-refractivity contribution in [1.82, 2.24) is 30.1 Å². The van der Waals surface area contributed by atoms with Crippen molar-refractivity contribution in [1.29, 1.82) is 0 Å². The largest absolute Gasteiger partial charge is 0.348 e. The van der Waals surface area contributed by atoms with Crippen molar-refractivity contribution >= 4 is 34.1 Å². The molecule has 5 aromatic rings. The summed E-state index contributed by atoms with van der Waals surface area (Å²) in [5.74, 6) is -0.263. The molecule has 31 heavy (non-hydrogen) atoms. The van der Waals surface area contributed by atoms with Crippen molar-refractivity contribution < 1.29 is 4.79 Å². The number of nitrogens with zero attached hydrogens (tertiary/aromatic N) is 4. The van der Waals surface area contributed by atoms with Gasteiger partial charge < -0.3 is 5.32 Å². The highest BCUT2D eigenvalue weighted by molar-refractivity contribution is 6.30. The summed E-state index contributed by atoms with van der Waals surface area (Å²) in [5.41, 5.74) is 3.07. The van der Waals surface area contributed by atoms with Gasteiger partial charge in [0.15, 0.2) is 5.65 Å². The van der Waals surface area contributed by atoms with Gasteiger partial charge >= 0.3 is 0 Å². The van der Waals surface area contributed by atoms with Gasteiger partial charge in [-0.05, 0) is 42.0 Å². The third-order valence-corrected chi connectivity index (χ3v) is 5.17. The van der Waals surface area contributed by atoms with Crippen molar-refractivity contribution in [3.05, 3.63) is 93.5 Å². The van der Waals surface area contributed by atoms with Gasteiger partial charge in [0.2, 0.25) is 0 Å². The zero-order valence-electron chi connectivity index (χ0n) is 16.0. The Morgan fingerprint density at radius 3 is 2.74 bits per heavy atom. The number of pyridine rings is 1. The molecule has 0 unspecified atom stereocenters. The molecule has 0 aliphatic carbocycles. The van der Waals surface area contributed by atoms with Crippen LogP contribution in [0.5, 0.6) is 0 Å². The van der Waals surface area contributed by atoms with Crippen molar-refractivity contribution in [3.8, 4) is 11.3 Å². The van der Waals surface area contributed by atoms with Gasteiger partial charge in [-0.2, -0.15) is 10.1 Å². The van der Waals surface area contributed by atoms with Gasteiger partial charge in [-0.3, -0.25) is 14.6 Å². The summed E-state index contributed by atoms with van der Waals surface area (Å²) in [5, 5.41) is 11.0. The lowest BCUT2D eigenvalue weighted by Crippen LogP contribution is -2.23. The van der Waals surface area contributed by atoms with Crippen LogP contribution in [0.2, 0.25) is 5.02 Å². The average molecular weight is 431 g/mol. The first-order chi connectivity index (χ1) is 15.1. The summed E-state index contributed by atoms with van der Waals surface area (Å²) < 4.78 is 1.60. The predicted molar refractivity (Wildman–Crippen MR) is 117 cm³/mol. The zero-order valence-corrected chi connectivity index (χ0v) is 16.8. The van der Waals surface area contributed by atoms with Crippen molar-refractivity contribution in [2.75, 3.05) is 0 Å². The Balaban J connectivity index is 1.55. The highest BCUT2D eigenvalue weighted by atomic mass is 35.5. The van der Waals surface area contributed by atoms with Gasteiger partial charge in [0.05, 0.1) is 10.9 Å². The Hall–Kier alpha value is -4.04. The molecule has 0 fully saturated rings. The Kier molecular flexibility index (Phi) is 4.68. The smallest absolute Gasteiger partial charge is 0.281 e. The number of carbonyl (C=O) groups excluding carboxylic acids is 1. The summed E-state index contributed by atoms with van der Waals surface area (Å²) in [4.78, 5) is 33.5. The molecule has 0 radical (unpaired) electrons. The van der Waals surface area contributed by atoms with Crippen LogP contribution in [0.15, 0.2) is 71.8 Å². The lowest BCUT2D eigenvalue weighted by atomic mass is 10.1. The van der Waals surface area contributed by atoms with Crippen LogP contribution in [0.1, 0.15) is 15.9 Å². The third-order valence-electron chi connectivity index (χ3n) is 4.92. The van der Waals surface area contributed by atoms with Gasteiger partial charge in [-0.25, -0.2) is 9.73 Å². The van der Waals surface area contributed by atoms with Crippen molar-refractivity contribution in [2.45, 2.75) is 6.54 Å². The first-order valence-electron chi connectivity index (χ1n) is 9.44. The molecule has 0 aliphatic heterocycles. The van der Waals surface area contributed by atoms with E-state index >= 15 is 0 Å². The molecule has 0 atom stereocenters. The van der Waals surface area contributed by atoms with Gasteiger partial charge in [-0.1, -0.05) is 29.8 Å². The highest BCUT2D eigenvalue weighted by Crippen LogP contribution is 2.24. The molecular weight excluding hydrogens is 416 g/mol. The molecule has 2 aromatic carbocycles. The number of rotatable bonds is 4. The Labute approximate surface area is 180 Å². The van der Waals surface area contributed by atoms with Gasteiger partial charge in [0, 0.05) is 35.1 Å². The first kappa shape index (κ1) is 19.0. The number of fused-ring (bicyclic) bond motifs is 3. The molecule has 3 aromatic heterocycles. The number of aromatic nitrogens is 5. The van der Waals surface area contributed by atoms with Crippen molar-refractivity contribution in [2.24, 2.45) is 0 Å². The molecule has 0 bridgehead atoms. The Morgan fingerprint density at radius 1 is 1.13 bits per heavy atom. The van der Waals surface area contributed by atoms with E-state index in [1.54, 1.807) is 59.4 Å². The number of halogens is 1. The predicted octanol–water partition coefficient (Wildman–Crippen LogP) is 3.22. The van der Waals surface area contributed by atoms with Crippen LogP contribution in [-0.2, 0) is 6.54 Å². The zero-order chi connectivity index (χ0) is 21.4. The molecule has 152 valence electrons. The van der Waals surface area contributed by atoms with Crippen LogP contribution in [0.4, 0.5) is 0 Å². The molecule has 0 saturated carbocycles. The number of benzene rings is 2. The van der Waals surface area contributed by atoms with E-state index in [2.05, 4.69) is 25.6 Å². The maximum absolute atomic E-state index is 12.7. The molecule has 0 aliphatic rings. The minimum Gasteiger partial charge on any atom is -0.348 e. The molecule has 0 spiro atoms. The molecule has 3 heterocycles. The quantitative estimate of drug-likeness (QED) is 0.455. The number of hydrogen-bond donors (Lipinski definition) is 2. The molecular formula is C22H15ClN6O2. The SMILES string of the molecule is O=C(NCc1cccnc1)c1ccc2c(=O)nc3c(-c4ccc(Cl)cc4)n[nH]n3c2c1. The maximum Gasteiger partial charge on any atom is 0.281 e. The van der Waals surface area contributed by atoms with Crippen LogP contribution in [0, 0.1) is 0 Å². The number of hydrogen-bond acceptors (Lipinski definition) is 5. The number of aromatic amines is 1. The normalized spacial score (nSPS) is 11.1. The van der Waals surface area contributed by atoms with E-state index in [0.29, 0.717) is 39.4 Å². The molecule has 2 N–H and O–H groups in total. The molecule has 9 heteroatoms. The average Bonchev–Trinajstić information content (AvgIpc) is 3.22. The van der Waals surface area contributed by atoms with Gasteiger partial charge in [0.25, 0.3) is 11.5 Å². The summed E-state index contributed by atoms with van der Waals surface area (Å²) in [6.45, 7) is 0.348. The second-order valence-corrected chi connectivity index (χ2v) is 7.36. The van der Waals surface area contributed by atoms with Crippen molar-refractivity contribution in [3.63, 3.8) is 0 Å². The topological polar surface area (TPSA) is 105 Å². The number of carbonyl (C=O) groups is 1. The Morgan fingerprint density at radius 2 is 1.97 bits per heavy atom. The number of amides is 1. The molecule has 8 nitrogen and oxygen atoms in total. The van der Waals surface area contributed by atoms with E-state index in [1.807, 2.05) is 12.1 Å². The highest BCUT2D eigenvalue weighted by Gasteiger charge is 2.16. The first-order valence-corrected chi connectivity index (χ1v) is 9.82. The van der Waals surface area contributed by atoms with E-state index < -0.39 is 5.56 Å². The second kappa shape index (κ2) is 7.66. The summed E-state index contributed by atoms with van der Waals surface area (Å²) in [7, 11) is 0. The van der Waals surface area contributed by atoms with E-state index in [4.69, 9.17) is 11.6 Å². The summed E-state index contributed by atoms with van der Waals surface area (Å²) >= 11 is 5.97. The number of H-pyrrole nitrogens is 1. The lowest BCUT2D eigenvalue weighted by molar-refractivity contribution is 0.0951. The van der Waals surface area contributed by atoms with E-state index in [-0.39, 0.29) is 5.91 Å². The monoisotopic (exact) mass is 430 g/mol. The van der Waals surface area contributed by atoms with Crippen LogP contribution >= 0.6 is 11.6 Å². The van der Waals surface area contributed by atoms with E-state index in [1.165, 1.54) is 0 Å². The summed E-state index contributed by atoms with van der Waals surface area (Å²) in [6, 6.07) is 15.6. The third kappa shape index (κ3) is 3.53. The van der Waals surface area contributed by atoms with E-state index in [9.17, 15) is 9.59 Å². The second-order valence-electron chi connectivity index (χ2n) is 6.92. The fourth-order valence-electron chi connectivity index (χ4n) is 3.36. The minimum absolute atomic E-state index is 0.263. The standard InChI is InChI=1S/C22H15ClN6O2/c23-16-6-3-14(4-7-16)19-20-26-22(31)17-8-5-15(10-18(17)29(20)28-27-19)21(30)25-12-13-2-1-9-24-11-13/h1-11,28H,12H2,(H,25,30). The minimum atomic E-state index is -0.395. The van der Waals surface area contributed by atoms with Gasteiger partial charge in [-0.15, -0.1) is 0 Å². The van der Waals surface area contributed by atoms with Crippen LogP contribution < -0.4 is 10.9 Å². The van der Waals surface area contributed by atoms with Crippen LogP contribution in [0.3, 0.4) is 0 Å². The Bertz CT molecular complexity index is 1480. The molecule has 0 saturated heterocycles. The summed E-state index contributed by atoms with van der Waals surface area (Å²) in [6.07, 6.45) is 3.37. The fourth-order valence-corrected chi connectivity index (χ4v) is 3.48.